The van der Waals surface area contributed by atoms with Crippen molar-refractivity contribution in [3.8, 4) is 0 Å². The monoisotopic (exact) mass is 477 g/mol. The lowest BCUT2D eigenvalue weighted by Gasteiger charge is -2.21. The topological polar surface area (TPSA) is 40.5 Å². The largest absolute Gasteiger partial charge is 0.481 e. The van der Waals surface area contributed by atoms with E-state index >= 15 is 0 Å². The Labute approximate surface area is 187 Å². The van der Waals surface area contributed by atoms with Crippen LogP contribution in [0, 0.1) is 11.3 Å². The number of benzene rings is 1. The van der Waals surface area contributed by atoms with Gasteiger partial charge in [0.15, 0.2) is 0 Å². The molecule has 1 aliphatic heterocycles. The van der Waals surface area contributed by atoms with Crippen LogP contribution < -0.4 is 0 Å². The molecule has 1 aromatic carbocycles. The number of nitrogens with zero attached hydrogens (tertiary/aromatic N) is 1. The molecule has 0 spiro atoms. The molecule has 0 aliphatic carbocycles. The summed E-state index contributed by atoms with van der Waals surface area (Å²) in [5.41, 5.74) is 0.246. The number of fused-ring (bicyclic) bond motifs is 1. The summed E-state index contributed by atoms with van der Waals surface area (Å²) in [6.07, 6.45) is -3.29. The Bertz CT molecular complexity index is 943. The summed E-state index contributed by atoms with van der Waals surface area (Å²) in [5.74, 6) is -0.596. The fourth-order valence-corrected chi connectivity index (χ4v) is 6.19. The van der Waals surface area contributed by atoms with E-state index < -0.39 is 23.1 Å². The molecule has 0 bridgehead atoms. The van der Waals surface area contributed by atoms with Crippen LogP contribution in [0.3, 0.4) is 0 Å². The second-order valence-corrected chi connectivity index (χ2v) is 11.3. The third kappa shape index (κ3) is 5.52. The van der Waals surface area contributed by atoms with Gasteiger partial charge in [-0.15, -0.1) is 11.3 Å². The summed E-state index contributed by atoms with van der Waals surface area (Å²) in [4.78, 5) is 12.9. The highest BCUT2D eigenvalue weighted by atomic mass is 35.5. The predicted molar refractivity (Wildman–Crippen MR) is 115 cm³/mol. The molecule has 3 nitrogen and oxygen atoms in total. The minimum absolute atomic E-state index is 0.276. The van der Waals surface area contributed by atoms with Crippen molar-refractivity contribution < 1.29 is 23.1 Å². The SMILES string of the molecule is C[C@H]1Cc2ccc(C(F)(F)F)cc2SN(Cc2cc(CC(C)(C)C(=O)O)sc2Cl)C1. The fourth-order valence-electron chi connectivity index (χ4n) is 3.40. The van der Waals surface area contributed by atoms with Gasteiger partial charge in [-0.05, 0) is 73.9 Å². The van der Waals surface area contributed by atoms with Gasteiger partial charge in [0.25, 0.3) is 0 Å². The zero-order valence-electron chi connectivity index (χ0n) is 16.8. The maximum Gasteiger partial charge on any atom is 0.416 e. The van der Waals surface area contributed by atoms with E-state index in [0.29, 0.717) is 35.2 Å². The molecule has 164 valence electrons. The highest BCUT2D eigenvalue weighted by Gasteiger charge is 2.32. The average molecular weight is 478 g/mol. The molecule has 1 aromatic heterocycles. The lowest BCUT2D eigenvalue weighted by atomic mass is 9.89. The molecule has 0 saturated heterocycles. The number of hydrogen-bond acceptors (Lipinski definition) is 4. The molecule has 9 heteroatoms. The number of carbonyl (C=O) groups is 1. The molecule has 2 heterocycles. The van der Waals surface area contributed by atoms with Crippen LogP contribution in [-0.2, 0) is 30.4 Å². The molecule has 30 heavy (non-hydrogen) atoms. The van der Waals surface area contributed by atoms with Gasteiger partial charge in [0.2, 0.25) is 0 Å². The quantitative estimate of drug-likeness (QED) is 0.482. The van der Waals surface area contributed by atoms with Crippen molar-refractivity contribution in [3.05, 3.63) is 50.2 Å². The Morgan fingerprint density at radius 2 is 2.00 bits per heavy atom. The normalized spacial score (nSPS) is 18.2. The van der Waals surface area contributed by atoms with Crippen molar-refractivity contribution >= 4 is 40.9 Å². The number of carboxylic acids is 1. The minimum atomic E-state index is -4.37. The summed E-state index contributed by atoms with van der Waals surface area (Å²) < 4.78 is 42.1. The van der Waals surface area contributed by atoms with Crippen LogP contribution >= 0.6 is 34.9 Å². The van der Waals surface area contributed by atoms with Crippen molar-refractivity contribution in [2.24, 2.45) is 11.3 Å². The van der Waals surface area contributed by atoms with Crippen LogP contribution in [0.15, 0.2) is 29.2 Å². The van der Waals surface area contributed by atoms with Gasteiger partial charge >= 0.3 is 12.1 Å². The van der Waals surface area contributed by atoms with E-state index in [1.807, 2.05) is 10.4 Å². The molecule has 1 N–H and O–H groups in total. The van der Waals surface area contributed by atoms with Crippen molar-refractivity contribution in [2.45, 2.75) is 51.2 Å². The molecule has 0 saturated carbocycles. The first-order valence-electron chi connectivity index (χ1n) is 9.48. The second kappa shape index (κ2) is 8.73. The highest BCUT2D eigenvalue weighted by molar-refractivity contribution is 7.97. The van der Waals surface area contributed by atoms with Gasteiger partial charge in [-0.25, -0.2) is 4.31 Å². The lowest BCUT2D eigenvalue weighted by Crippen LogP contribution is -2.25. The molecule has 1 aliphatic rings. The van der Waals surface area contributed by atoms with Gasteiger partial charge in [0.1, 0.15) is 0 Å². The van der Waals surface area contributed by atoms with Crippen LogP contribution in [0.25, 0.3) is 0 Å². The maximum atomic E-state index is 13.1. The van der Waals surface area contributed by atoms with E-state index in [2.05, 4.69) is 6.92 Å². The molecule has 0 radical (unpaired) electrons. The Morgan fingerprint density at radius 1 is 1.30 bits per heavy atom. The second-order valence-electron chi connectivity index (χ2n) is 8.42. The van der Waals surface area contributed by atoms with Crippen LogP contribution in [0.4, 0.5) is 13.2 Å². The van der Waals surface area contributed by atoms with Crippen LogP contribution in [0.5, 0.6) is 0 Å². The summed E-state index contributed by atoms with van der Waals surface area (Å²) in [6, 6.07) is 5.87. The lowest BCUT2D eigenvalue weighted by molar-refractivity contribution is -0.146. The van der Waals surface area contributed by atoms with Gasteiger partial charge < -0.3 is 5.11 Å². The van der Waals surface area contributed by atoms with E-state index in [1.165, 1.54) is 29.4 Å². The van der Waals surface area contributed by atoms with E-state index in [1.54, 1.807) is 19.9 Å². The predicted octanol–water partition coefficient (Wildman–Crippen LogP) is 6.78. The number of alkyl halides is 3. The highest BCUT2D eigenvalue weighted by Crippen LogP contribution is 2.40. The van der Waals surface area contributed by atoms with Gasteiger partial charge in [0, 0.05) is 22.9 Å². The summed E-state index contributed by atoms with van der Waals surface area (Å²) in [6.45, 7) is 6.61. The van der Waals surface area contributed by atoms with Crippen LogP contribution in [0.2, 0.25) is 4.34 Å². The minimum Gasteiger partial charge on any atom is -0.481 e. The van der Waals surface area contributed by atoms with Crippen molar-refractivity contribution in [3.63, 3.8) is 0 Å². The molecule has 0 amide bonds. The van der Waals surface area contributed by atoms with Crippen LogP contribution in [-0.4, -0.2) is 21.9 Å². The average Bonchev–Trinajstić information content (AvgIpc) is 2.84. The Hall–Kier alpha value is -1.22. The van der Waals surface area contributed by atoms with Crippen LogP contribution in [0.1, 0.15) is 42.3 Å². The van der Waals surface area contributed by atoms with Gasteiger partial charge in [-0.2, -0.15) is 13.2 Å². The maximum absolute atomic E-state index is 13.1. The zero-order chi connectivity index (χ0) is 22.3. The van der Waals surface area contributed by atoms with Gasteiger partial charge in [-0.1, -0.05) is 24.6 Å². The van der Waals surface area contributed by atoms with E-state index in [4.69, 9.17) is 11.6 Å². The zero-order valence-corrected chi connectivity index (χ0v) is 19.2. The third-order valence-corrected chi connectivity index (χ3v) is 7.61. The third-order valence-electron chi connectivity index (χ3n) is 5.06. The summed E-state index contributed by atoms with van der Waals surface area (Å²) in [7, 11) is 0. The molecule has 2 aromatic rings. The Balaban J connectivity index is 1.81. The number of carboxylic acid groups (broad SMARTS) is 1. The summed E-state index contributed by atoms with van der Waals surface area (Å²) in [5, 5.41) is 9.35. The number of aliphatic carboxylic acids is 1. The summed E-state index contributed by atoms with van der Waals surface area (Å²) >= 11 is 9.11. The Morgan fingerprint density at radius 3 is 2.63 bits per heavy atom. The molecule has 3 rings (SSSR count). The Kier molecular flexibility index (Phi) is 6.82. The molecular formula is C21H23ClF3NO2S2. The molecule has 0 fully saturated rings. The van der Waals surface area contributed by atoms with E-state index in [0.717, 1.165) is 22.1 Å². The van der Waals surface area contributed by atoms with Gasteiger partial charge in [0.05, 0.1) is 15.3 Å². The van der Waals surface area contributed by atoms with Crippen molar-refractivity contribution in [1.82, 2.24) is 4.31 Å². The van der Waals surface area contributed by atoms with Gasteiger partial charge in [-0.3, -0.25) is 4.79 Å². The molecule has 1 atom stereocenters. The van der Waals surface area contributed by atoms with Crippen molar-refractivity contribution in [1.29, 1.82) is 0 Å². The first-order valence-corrected chi connectivity index (χ1v) is 11.5. The first-order chi connectivity index (χ1) is 13.8. The number of hydrogen-bond donors (Lipinski definition) is 1. The fraction of sp³-hybridized carbons (Fsp3) is 0.476. The smallest absolute Gasteiger partial charge is 0.416 e. The first kappa shape index (κ1) is 23.4. The molecule has 0 unspecified atom stereocenters. The van der Waals surface area contributed by atoms with E-state index in [-0.39, 0.29) is 5.92 Å². The number of thiophene rings is 1. The number of halogens is 4. The standard InChI is InChI=1S/C21H23ClF3NO2S2/c1-12-6-13-4-5-15(21(23,24)25)8-17(13)30-26(10-12)11-14-7-16(29-18(14)22)9-20(2,3)19(27)28/h4-5,7-8,12H,6,9-11H2,1-3H3,(H,27,28)/t12-/m0/s1. The van der Waals surface area contributed by atoms with E-state index in [9.17, 15) is 23.1 Å². The molecular weight excluding hydrogens is 455 g/mol. The number of rotatable bonds is 5. The van der Waals surface area contributed by atoms with Crippen molar-refractivity contribution in [2.75, 3.05) is 6.54 Å².